The zero-order valence-electron chi connectivity index (χ0n) is 13.0. The van der Waals surface area contributed by atoms with Gasteiger partial charge in [0.05, 0.1) is 0 Å². The Morgan fingerprint density at radius 1 is 1.05 bits per heavy atom. The van der Waals surface area contributed by atoms with Crippen molar-refractivity contribution < 1.29 is 4.74 Å². The Balaban J connectivity index is 2.22. The summed E-state index contributed by atoms with van der Waals surface area (Å²) in [4.78, 5) is 0. The van der Waals surface area contributed by atoms with Crippen molar-refractivity contribution >= 4 is 11.6 Å². The van der Waals surface area contributed by atoms with E-state index in [1.807, 2.05) is 42.5 Å². The molecule has 0 heterocycles. The highest BCUT2D eigenvalue weighted by Gasteiger charge is 2.14. The fourth-order valence-electron chi connectivity index (χ4n) is 1.89. The molecule has 0 aliphatic heterocycles. The van der Waals surface area contributed by atoms with Crippen molar-refractivity contribution in [2.75, 3.05) is 0 Å². The molecule has 3 heteroatoms. The summed E-state index contributed by atoms with van der Waals surface area (Å²) in [6.45, 7) is 9.12. The molecule has 1 N–H and O–H groups in total. The van der Waals surface area contributed by atoms with Gasteiger partial charge in [-0.2, -0.15) is 0 Å². The predicted molar refractivity (Wildman–Crippen MR) is 89.3 cm³/mol. The first-order valence-corrected chi connectivity index (χ1v) is 7.50. The third-order valence-corrected chi connectivity index (χ3v) is 3.47. The van der Waals surface area contributed by atoms with E-state index in [4.69, 9.17) is 16.3 Å². The molecule has 0 aliphatic rings. The number of aryl methyl sites for hydroxylation is 1. The molecule has 21 heavy (non-hydrogen) atoms. The Morgan fingerprint density at radius 3 is 2.33 bits per heavy atom. The molecule has 0 aliphatic carbocycles. The van der Waals surface area contributed by atoms with Crippen LogP contribution in [0, 0.1) is 6.92 Å². The Labute approximate surface area is 132 Å². The monoisotopic (exact) mass is 303 g/mol. The first-order valence-electron chi connectivity index (χ1n) is 7.12. The van der Waals surface area contributed by atoms with Gasteiger partial charge in [-0.1, -0.05) is 35.4 Å². The van der Waals surface area contributed by atoms with E-state index in [9.17, 15) is 0 Å². The summed E-state index contributed by atoms with van der Waals surface area (Å²) in [5.74, 6) is 1.61. The van der Waals surface area contributed by atoms with E-state index < -0.39 is 0 Å². The Kier molecular flexibility index (Phi) is 4.92. The van der Waals surface area contributed by atoms with Gasteiger partial charge in [0.15, 0.2) is 0 Å². The van der Waals surface area contributed by atoms with Crippen molar-refractivity contribution in [3.05, 3.63) is 58.6 Å². The van der Waals surface area contributed by atoms with Crippen LogP contribution < -0.4 is 10.1 Å². The smallest absolute Gasteiger partial charge is 0.133 e. The van der Waals surface area contributed by atoms with E-state index in [1.54, 1.807) is 0 Å². The van der Waals surface area contributed by atoms with Crippen LogP contribution in [0.5, 0.6) is 11.5 Å². The second-order valence-corrected chi connectivity index (χ2v) is 6.64. The normalized spacial score (nSPS) is 11.5. The highest BCUT2D eigenvalue weighted by molar-refractivity contribution is 6.31. The minimum atomic E-state index is 0.0281. The van der Waals surface area contributed by atoms with Crippen LogP contribution in [0.15, 0.2) is 42.5 Å². The minimum absolute atomic E-state index is 0.0281. The van der Waals surface area contributed by atoms with Crippen LogP contribution in [0.25, 0.3) is 0 Å². The molecule has 2 aromatic rings. The third-order valence-electron chi connectivity index (χ3n) is 3.12. The van der Waals surface area contributed by atoms with E-state index >= 15 is 0 Å². The summed E-state index contributed by atoms with van der Waals surface area (Å²) in [5, 5.41) is 4.17. The van der Waals surface area contributed by atoms with Gasteiger partial charge in [-0.25, -0.2) is 0 Å². The quantitative estimate of drug-likeness (QED) is 0.824. The summed E-state index contributed by atoms with van der Waals surface area (Å²) >= 11 is 6.33. The molecule has 0 fully saturated rings. The summed E-state index contributed by atoms with van der Waals surface area (Å²) in [6, 6.07) is 13.8. The van der Waals surface area contributed by atoms with Gasteiger partial charge < -0.3 is 10.1 Å². The maximum absolute atomic E-state index is 6.33. The topological polar surface area (TPSA) is 21.3 Å². The highest BCUT2D eigenvalue weighted by atomic mass is 35.5. The van der Waals surface area contributed by atoms with E-state index in [2.05, 4.69) is 33.0 Å². The SMILES string of the molecule is Cc1ccc(Oc2cccc(Cl)c2CNC(C)(C)C)cc1. The number of hydrogen-bond acceptors (Lipinski definition) is 2. The Hall–Kier alpha value is -1.51. The summed E-state index contributed by atoms with van der Waals surface area (Å²) < 4.78 is 5.99. The number of hydrogen-bond donors (Lipinski definition) is 1. The molecule has 0 saturated heterocycles. The van der Waals surface area contributed by atoms with E-state index in [0.717, 1.165) is 22.1 Å². The van der Waals surface area contributed by atoms with Crippen molar-refractivity contribution in [1.82, 2.24) is 5.32 Å². The molecule has 0 bridgehead atoms. The molecular weight excluding hydrogens is 282 g/mol. The summed E-state index contributed by atoms with van der Waals surface area (Å²) in [5.41, 5.74) is 2.22. The lowest BCUT2D eigenvalue weighted by molar-refractivity contribution is 0.414. The van der Waals surface area contributed by atoms with Crippen molar-refractivity contribution in [3.8, 4) is 11.5 Å². The highest BCUT2D eigenvalue weighted by Crippen LogP contribution is 2.30. The largest absolute Gasteiger partial charge is 0.457 e. The zero-order chi connectivity index (χ0) is 15.5. The van der Waals surface area contributed by atoms with Gasteiger partial charge in [-0.15, -0.1) is 0 Å². The van der Waals surface area contributed by atoms with E-state index in [1.165, 1.54) is 5.56 Å². The van der Waals surface area contributed by atoms with Gasteiger partial charge in [-0.3, -0.25) is 0 Å². The van der Waals surface area contributed by atoms with Crippen LogP contribution >= 0.6 is 11.6 Å². The van der Waals surface area contributed by atoms with Gasteiger partial charge in [-0.05, 0) is 52.0 Å². The molecule has 2 aromatic carbocycles. The van der Waals surface area contributed by atoms with Gasteiger partial charge in [0.1, 0.15) is 11.5 Å². The van der Waals surface area contributed by atoms with Crippen molar-refractivity contribution in [2.24, 2.45) is 0 Å². The molecule has 2 rings (SSSR count). The lowest BCUT2D eigenvalue weighted by Gasteiger charge is -2.22. The fraction of sp³-hybridized carbons (Fsp3) is 0.333. The van der Waals surface area contributed by atoms with Crippen LogP contribution in [-0.2, 0) is 6.54 Å². The van der Waals surface area contributed by atoms with Gasteiger partial charge in [0.25, 0.3) is 0 Å². The average molecular weight is 304 g/mol. The molecule has 0 atom stereocenters. The molecular formula is C18H22ClNO. The number of nitrogens with one attached hydrogen (secondary N) is 1. The van der Waals surface area contributed by atoms with Crippen LogP contribution in [0.1, 0.15) is 31.9 Å². The minimum Gasteiger partial charge on any atom is -0.457 e. The van der Waals surface area contributed by atoms with Gasteiger partial charge in [0, 0.05) is 22.7 Å². The third kappa shape index (κ3) is 4.76. The second-order valence-electron chi connectivity index (χ2n) is 6.24. The summed E-state index contributed by atoms with van der Waals surface area (Å²) in [7, 11) is 0. The standard InChI is InChI=1S/C18H22ClNO/c1-13-8-10-14(11-9-13)21-17-7-5-6-16(19)15(17)12-20-18(2,3)4/h5-11,20H,12H2,1-4H3. The molecule has 0 spiro atoms. The molecule has 0 unspecified atom stereocenters. The zero-order valence-corrected chi connectivity index (χ0v) is 13.8. The van der Waals surface area contributed by atoms with Crippen molar-refractivity contribution in [1.29, 1.82) is 0 Å². The molecule has 0 aromatic heterocycles. The van der Waals surface area contributed by atoms with Crippen LogP contribution in [-0.4, -0.2) is 5.54 Å². The summed E-state index contributed by atoms with van der Waals surface area (Å²) in [6.07, 6.45) is 0. The number of halogens is 1. The predicted octanol–water partition coefficient (Wildman–Crippen LogP) is 5.33. The van der Waals surface area contributed by atoms with Crippen LogP contribution in [0.4, 0.5) is 0 Å². The first kappa shape index (κ1) is 15.9. The molecule has 0 saturated carbocycles. The maximum Gasteiger partial charge on any atom is 0.133 e. The molecule has 2 nitrogen and oxygen atoms in total. The molecule has 0 radical (unpaired) electrons. The lowest BCUT2D eigenvalue weighted by Crippen LogP contribution is -2.35. The first-order chi connectivity index (χ1) is 9.85. The fourth-order valence-corrected chi connectivity index (χ4v) is 2.13. The van der Waals surface area contributed by atoms with Gasteiger partial charge in [0.2, 0.25) is 0 Å². The van der Waals surface area contributed by atoms with Crippen molar-refractivity contribution in [3.63, 3.8) is 0 Å². The van der Waals surface area contributed by atoms with Gasteiger partial charge >= 0.3 is 0 Å². The Morgan fingerprint density at radius 2 is 1.71 bits per heavy atom. The van der Waals surface area contributed by atoms with E-state index in [0.29, 0.717) is 6.54 Å². The average Bonchev–Trinajstić information content (AvgIpc) is 2.39. The van der Waals surface area contributed by atoms with E-state index in [-0.39, 0.29) is 5.54 Å². The number of benzene rings is 2. The number of rotatable bonds is 4. The van der Waals surface area contributed by atoms with Crippen LogP contribution in [0.2, 0.25) is 5.02 Å². The molecule has 112 valence electrons. The Bertz CT molecular complexity index is 600. The van der Waals surface area contributed by atoms with Crippen molar-refractivity contribution in [2.45, 2.75) is 39.8 Å². The maximum atomic E-state index is 6.33. The lowest BCUT2D eigenvalue weighted by atomic mass is 10.1. The second kappa shape index (κ2) is 6.50. The van der Waals surface area contributed by atoms with Crippen LogP contribution in [0.3, 0.4) is 0 Å². The molecule has 0 amide bonds. The number of ether oxygens (including phenoxy) is 1.